The number of hydrogen-bond donors (Lipinski definition) is 0. The maximum absolute atomic E-state index is 13.4. The molecule has 3 aromatic rings. The van der Waals surface area contributed by atoms with E-state index in [4.69, 9.17) is 21.3 Å². The van der Waals surface area contributed by atoms with Crippen molar-refractivity contribution in [3.8, 4) is 10.6 Å². The lowest BCUT2D eigenvalue weighted by atomic mass is 10.0. The van der Waals surface area contributed by atoms with Gasteiger partial charge in [-0.15, -0.1) is 11.3 Å². The monoisotopic (exact) mass is 400 g/mol. The largest absolute Gasteiger partial charge is 0.372 e. The predicted molar refractivity (Wildman–Crippen MR) is 111 cm³/mol. The average molecular weight is 401 g/mol. The Balaban J connectivity index is 1.84. The van der Waals surface area contributed by atoms with E-state index in [1.807, 2.05) is 43.0 Å². The van der Waals surface area contributed by atoms with Crippen LogP contribution in [-0.2, 0) is 4.74 Å². The van der Waals surface area contributed by atoms with Crippen LogP contribution in [-0.4, -0.2) is 41.1 Å². The fourth-order valence-electron chi connectivity index (χ4n) is 3.59. The molecule has 0 spiro atoms. The van der Waals surface area contributed by atoms with Crippen LogP contribution in [0.4, 0.5) is 0 Å². The third-order valence-corrected chi connectivity index (χ3v) is 5.96. The van der Waals surface area contributed by atoms with Gasteiger partial charge in [-0.05, 0) is 57.2 Å². The van der Waals surface area contributed by atoms with Gasteiger partial charge in [0.05, 0.1) is 33.9 Å². The highest BCUT2D eigenvalue weighted by atomic mass is 35.5. The number of benzene rings is 1. The fourth-order valence-corrected chi connectivity index (χ4v) is 4.59. The van der Waals surface area contributed by atoms with E-state index in [1.165, 1.54) is 4.88 Å². The van der Waals surface area contributed by atoms with Gasteiger partial charge in [-0.25, -0.2) is 4.98 Å². The number of pyridine rings is 1. The van der Waals surface area contributed by atoms with Crippen molar-refractivity contribution in [1.29, 1.82) is 0 Å². The van der Waals surface area contributed by atoms with E-state index >= 15 is 0 Å². The summed E-state index contributed by atoms with van der Waals surface area (Å²) in [4.78, 5) is 22.3. The van der Waals surface area contributed by atoms with Crippen molar-refractivity contribution in [2.75, 3.05) is 13.1 Å². The number of amides is 1. The molecule has 0 bridgehead atoms. The maximum Gasteiger partial charge on any atom is 0.254 e. The van der Waals surface area contributed by atoms with Crippen LogP contribution in [0.5, 0.6) is 0 Å². The van der Waals surface area contributed by atoms with Gasteiger partial charge in [-0.3, -0.25) is 4.79 Å². The number of halogens is 1. The summed E-state index contributed by atoms with van der Waals surface area (Å²) in [7, 11) is 0. The van der Waals surface area contributed by atoms with Crippen LogP contribution in [0.3, 0.4) is 0 Å². The Bertz CT molecular complexity index is 1010. The quantitative estimate of drug-likeness (QED) is 0.595. The molecule has 6 heteroatoms. The molecule has 27 heavy (non-hydrogen) atoms. The van der Waals surface area contributed by atoms with Crippen molar-refractivity contribution in [3.63, 3.8) is 0 Å². The number of thiophene rings is 1. The van der Waals surface area contributed by atoms with E-state index in [0.717, 1.165) is 21.5 Å². The number of morpholine rings is 1. The molecule has 1 aliphatic heterocycles. The first-order valence-electron chi connectivity index (χ1n) is 9.02. The number of aryl methyl sites for hydroxylation is 1. The Hall–Kier alpha value is -1.95. The van der Waals surface area contributed by atoms with E-state index in [0.29, 0.717) is 23.7 Å². The minimum atomic E-state index is 0.00111. The van der Waals surface area contributed by atoms with Gasteiger partial charge in [0.15, 0.2) is 0 Å². The summed E-state index contributed by atoms with van der Waals surface area (Å²) in [5.74, 6) is 0.00111. The predicted octanol–water partition coefficient (Wildman–Crippen LogP) is 5.17. The van der Waals surface area contributed by atoms with Gasteiger partial charge in [-0.1, -0.05) is 11.6 Å². The molecule has 0 aliphatic carbocycles. The minimum absolute atomic E-state index is 0.00111. The molecular formula is C21H21ClN2O2S. The summed E-state index contributed by atoms with van der Waals surface area (Å²) in [6.45, 7) is 7.23. The lowest BCUT2D eigenvalue weighted by Crippen LogP contribution is -2.48. The Morgan fingerprint density at radius 3 is 2.59 bits per heavy atom. The van der Waals surface area contributed by atoms with Crippen LogP contribution >= 0.6 is 22.9 Å². The van der Waals surface area contributed by atoms with Gasteiger partial charge in [0, 0.05) is 28.4 Å². The molecule has 2 atom stereocenters. The van der Waals surface area contributed by atoms with E-state index < -0.39 is 0 Å². The zero-order valence-corrected chi connectivity index (χ0v) is 17.1. The summed E-state index contributed by atoms with van der Waals surface area (Å²) < 4.78 is 5.78. The van der Waals surface area contributed by atoms with Crippen molar-refractivity contribution in [1.82, 2.24) is 9.88 Å². The molecule has 140 valence electrons. The molecule has 1 aromatic carbocycles. The van der Waals surface area contributed by atoms with Gasteiger partial charge in [0.1, 0.15) is 0 Å². The highest BCUT2D eigenvalue weighted by molar-refractivity contribution is 7.15. The maximum atomic E-state index is 13.4. The molecule has 4 rings (SSSR count). The van der Waals surface area contributed by atoms with Crippen LogP contribution in [0.2, 0.25) is 5.02 Å². The first-order chi connectivity index (χ1) is 12.9. The fraction of sp³-hybridized carbons (Fsp3) is 0.333. The molecule has 0 saturated carbocycles. The Labute approximate surface area is 167 Å². The summed E-state index contributed by atoms with van der Waals surface area (Å²) >= 11 is 7.89. The number of ether oxygens (including phenoxy) is 1. The number of carbonyl (C=O) groups is 1. The van der Waals surface area contributed by atoms with Crippen LogP contribution in [0.1, 0.15) is 29.1 Å². The topological polar surface area (TPSA) is 42.4 Å². The van der Waals surface area contributed by atoms with E-state index in [1.54, 1.807) is 11.3 Å². The summed E-state index contributed by atoms with van der Waals surface area (Å²) in [6.07, 6.45) is 0.0441. The van der Waals surface area contributed by atoms with Crippen molar-refractivity contribution in [3.05, 3.63) is 51.9 Å². The lowest BCUT2D eigenvalue weighted by Gasteiger charge is -2.35. The number of carbonyl (C=O) groups excluding carboxylic acids is 1. The first kappa shape index (κ1) is 18.4. The summed E-state index contributed by atoms with van der Waals surface area (Å²) in [5.41, 5.74) is 2.24. The second-order valence-corrected chi connectivity index (χ2v) is 8.82. The van der Waals surface area contributed by atoms with Crippen molar-refractivity contribution in [2.24, 2.45) is 0 Å². The number of rotatable bonds is 2. The number of fused-ring (bicyclic) bond motifs is 1. The molecule has 1 fully saturated rings. The Morgan fingerprint density at radius 1 is 1.19 bits per heavy atom. The third-order valence-electron chi connectivity index (χ3n) is 4.70. The van der Waals surface area contributed by atoms with Gasteiger partial charge in [-0.2, -0.15) is 0 Å². The highest BCUT2D eigenvalue weighted by Crippen LogP contribution is 2.31. The average Bonchev–Trinajstić information content (AvgIpc) is 3.06. The van der Waals surface area contributed by atoms with Gasteiger partial charge in [0.2, 0.25) is 0 Å². The Morgan fingerprint density at radius 2 is 1.93 bits per heavy atom. The highest BCUT2D eigenvalue weighted by Gasteiger charge is 2.28. The zero-order chi connectivity index (χ0) is 19.1. The summed E-state index contributed by atoms with van der Waals surface area (Å²) in [5, 5.41) is 1.39. The SMILES string of the molecule is Cc1ccc(-c2cc(C(=O)N3CC(C)OC(C)C3)c3cc(Cl)ccc3n2)s1. The number of aromatic nitrogens is 1. The van der Waals surface area contributed by atoms with Crippen molar-refractivity contribution in [2.45, 2.75) is 33.0 Å². The van der Waals surface area contributed by atoms with Crippen LogP contribution in [0.25, 0.3) is 21.5 Å². The van der Waals surface area contributed by atoms with E-state index in [-0.39, 0.29) is 18.1 Å². The second kappa shape index (κ2) is 7.23. The minimum Gasteiger partial charge on any atom is -0.372 e. The molecule has 0 radical (unpaired) electrons. The van der Waals surface area contributed by atoms with Gasteiger partial charge >= 0.3 is 0 Å². The van der Waals surface area contributed by atoms with Crippen LogP contribution < -0.4 is 0 Å². The molecule has 2 unspecified atom stereocenters. The molecule has 2 aromatic heterocycles. The summed E-state index contributed by atoms with van der Waals surface area (Å²) in [6, 6.07) is 11.5. The van der Waals surface area contributed by atoms with Gasteiger partial charge in [0.25, 0.3) is 5.91 Å². The van der Waals surface area contributed by atoms with Crippen LogP contribution in [0.15, 0.2) is 36.4 Å². The second-order valence-electron chi connectivity index (χ2n) is 7.09. The van der Waals surface area contributed by atoms with Crippen molar-refractivity contribution < 1.29 is 9.53 Å². The standard InChI is InChI=1S/C21H21ClN2O2S/c1-12-10-24(11-13(2)26-12)21(25)17-9-19(20-7-4-14(3)27-20)23-18-6-5-15(22)8-16(17)18/h4-9,12-13H,10-11H2,1-3H3. The molecule has 3 heterocycles. The number of nitrogens with zero attached hydrogens (tertiary/aromatic N) is 2. The molecule has 1 aliphatic rings. The Kier molecular flexibility index (Phi) is 4.93. The number of hydrogen-bond acceptors (Lipinski definition) is 4. The normalized spacial score (nSPS) is 20.2. The van der Waals surface area contributed by atoms with E-state index in [2.05, 4.69) is 19.1 Å². The molecule has 1 saturated heterocycles. The molecule has 4 nitrogen and oxygen atoms in total. The third kappa shape index (κ3) is 3.72. The lowest BCUT2D eigenvalue weighted by molar-refractivity contribution is -0.0585. The van der Waals surface area contributed by atoms with Crippen LogP contribution in [0, 0.1) is 6.92 Å². The van der Waals surface area contributed by atoms with Gasteiger partial charge < -0.3 is 9.64 Å². The zero-order valence-electron chi connectivity index (χ0n) is 15.5. The smallest absolute Gasteiger partial charge is 0.254 e. The molecule has 1 amide bonds. The first-order valence-corrected chi connectivity index (χ1v) is 10.2. The van der Waals surface area contributed by atoms with E-state index in [9.17, 15) is 4.79 Å². The molecule has 0 N–H and O–H groups in total. The van der Waals surface area contributed by atoms with Crippen molar-refractivity contribution >= 4 is 39.7 Å². The molecular weight excluding hydrogens is 380 g/mol.